The molecule has 3 aromatic rings. The number of carbonyl (C=O) groups is 2. The monoisotopic (exact) mass is 369 g/mol. The minimum Gasteiger partial charge on any atom is -0.452 e. The second-order valence-electron chi connectivity index (χ2n) is 6.58. The summed E-state index contributed by atoms with van der Waals surface area (Å²) in [4.78, 5) is 24.9. The lowest BCUT2D eigenvalue weighted by atomic mass is 10.1. The van der Waals surface area contributed by atoms with E-state index in [9.17, 15) is 9.59 Å². The van der Waals surface area contributed by atoms with Crippen LogP contribution >= 0.6 is 0 Å². The Labute approximate surface area is 157 Å². The van der Waals surface area contributed by atoms with Gasteiger partial charge in [0, 0.05) is 29.4 Å². The van der Waals surface area contributed by atoms with Gasteiger partial charge in [-0.15, -0.1) is 0 Å². The smallest absolute Gasteiger partial charge is 0.359 e. The van der Waals surface area contributed by atoms with Crippen LogP contribution < -0.4 is 0 Å². The molecule has 0 radical (unpaired) electrons. The summed E-state index contributed by atoms with van der Waals surface area (Å²) < 4.78 is 12.5. The molecule has 1 aromatic carbocycles. The SMILES string of the molecule is COC[C@H](C)n1c(C)cc(C(=O)COC(=O)c2n[nH]c3ccccc23)c1C. The number of nitrogens with one attached hydrogen (secondary N) is 1. The number of aromatic amines is 1. The van der Waals surface area contributed by atoms with Crippen molar-refractivity contribution < 1.29 is 19.1 Å². The quantitative estimate of drug-likeness (QED) is 0.510. The van der Waals surface area contributed by atoms with Gasteiger partial charge in [0.25, 0.3) is 0 Å². The molecule has 0 aliphatic rings. The van der Waals surface area contributed by atoms with E-state index in [4.69, 9.17) is 9.47 Å². The number of ketones is 1. The Bertz CT molecular complexity index is 986. The van der Waals surface area contributed by atoms with Crippen molar-refractivity contribution in [1.82, 2.24) is 14.8 Å². The fourth-order valence-electron chi connectivity index (χ4n) is 3.45. The van der Waals surface area contributed by atoms with Crippen LogP contribution in [-0.4, -0.2) is 46.8 Å². The summed E-state index contributed by atoms with van der Waals surface area (Å²) >= 11 is 0. The number of para-hydroxylation sites is 1. The molecular formula is C20H23N3O4. The average molecular weight is 369 g/mol. The number of fused-ring (bicyclic) bond motifs is 1. The third kappa shape index (κ3) is 3.64. The Morgan fingerprint density at radius 3 is 2.74 bits per heavy atom. The molecule has 2 heterocycles. The van der Waals surface area contributed by atoms with Crippen molar-refractivity contribution in [3.63, 3.8) is 0 Å². The molecular weight excluding hydrogens is 346 g/mol. The van der Waals surface area contributed by atoms with E-state index in [1.54, 1.807) is 13.2 Å². The van der Waals surface area contributed by atoms with Gasteiger partial charge in [-0.2, -0.15) is 5.10 Å². The fraction of sp³-hybridized carbons (Fsp3) is 0.350. The van der Waals surface area contributed by atoms with Gasteiger partial charge in [-0.1, -0.05) is 18.2 Å². The van der Waals surface area contributed by atoms with Gasteiger partial charge in [0.1, 0.15) is 0 Å². The molecule has 0 spiro atoms. The fourth-order valence-corrected chi connectivity index (χ4v) is 3.45. The summed E-state index contributed by atoms with van der Waals surface area (Å²) in [5, 5.41) is 7.45. The molecule has 0 unspecified atom stereocenters. The number of methoxy groups -OCH3 is 1. The molecule has 0 aliphatic carbocycles. The summed E-state index contributed by atoms with van der Waals surface area (Å²) in [6.07, 6.45) is 0. The molecule has 3 rings (SSSR count). The Morgan fingerprint density at radius 1 is 1.26 bits per heavy atom. The van der Waals surface area contributed by atoms with Crippen LogP contribution in [0.3, 0.4) is 0 Å². The minimum atomic E-state index is -0.623. The van der Waals surface area contributed by atoms with Gasteiger partial charge >= 0.3 is 5.97 Å². The molecule has 0 bridgehead atoms. The van der Waals surface area contributed by atoms with E-state index in [2.05, 4.69) is 14.8 Å². The molecule has 7 nitrogen and oxygen atoms in total. The number of esters is 1. The maximum absolute atomic E-state index is 12.6. The highest BCUT2D eigenvalue weighted by Crippen LogP contribution is 2.22. The summed E-state index contributed by atoms with van der Waals surface area (Å²) in [5.74, 6) is -0.866. The molecule has 0 aliphatic heterocycles. The lowest BCUT2D eigenvalue weighted by molar-refractivity contribution is 0.0470. The Kier molecular flexibility index (Phi) is 5.41. The van der Waals surface area contributed by atoms with Gasteiger partial charge < -0.3 is 14.0 Å². The molecule has 0 amide bonds. The number of benzene rings is 1. The van der Waals surface area contributed by atoms with Crippen LogP contribution in [0.15, 0.2) is 30.3 Å². The Balaban J connectivity index is 1.73. The van der Waals surface area contributed by atoms with E-state index >= 15 is 0 Å². The number of hydrogen-bond acceptors (Lipinski definition) is 5. The number of rotatable bonds is 7. The number of aromatic nitrogens is 3. The highest BCUT2D eigenvalue weighted by atomic mass is 16.5. The highest BCUT2D eigenvalue weighted by molar-refractivity contribution is 6.04. The largest absolute Gasteiger partial charge is 0.452 e. The maximum Gasteiger partial charge on any atom is 0.359 e. The number of H-pyrrole nitrogens is 1. The van der Waals surface area contributed by atoms with E-state index in [0.717, 1.165) is 16.9 Å². The molecule has 1 atom stereocenters. The first kappa shape index (κ1) is 18.8. The molecule has 1 N–H and O–H groups in total. The molecule has 0 saturated heterocycles. The predicted octanol–water partition coefficient (Wildman–Crippen LogP) is 3.23. The van der Waals surface area contributed by atoms with Crippen molar-refractivity contribution in [3.05, 3.63) is 53.0 Å². The molecule has 0 saturated carbocycles. The van der Waals surface area contributed by atoms with E-state index < -0.39 is 5.97 Å². The van der Waals surface area contributed by atoms with Crippen LogP contribution in [0.1, 0.15) is 45.2 Å². The van der Waals surface area contributed by atoms with Crippen LogP contribution in [0.5, 0.6) is 0 Å². The topological polar surface area (TPSA) is 86.2 Å². The zero-order chi connectivity index (χ0) is 19.6. The van der Waals surface area contributed by atoms with Crippen LogP contribution in [-0.2, 0) is 9.47 Å². The lowest BCUT2D eigenvalue weighted by Crippen LogP contribution is -2.17. The van der Waals surface area contributed by atoms with Crippen LogP contribution in [0.2, 0.25) is 0 Å². The third-order valence-corrected chi connectivity index (χ3v) is 4.63. The maximum atomic E-state index is 12.6. The highest BCUT2D eigenvalue weighted by Gasteiger charge is 2.21. The summed E-state index contributed by atoms with van der Waals surface area (Å²) in [6, 6.07) is 9.19. The van der Waals surface area contributed by atoms with Crippen LogP contribution in [0.4, 0.5) is 0 Å². The van der Waals surface area contributed by atoms with E-state index in [1.807, 2.05) is 45.0 Å². The van der Waals surface area contributed by atoms with Crippen molar-refractivity contribution in [2.24, 2.45) is 0 Å². The van der Waals surface area contributed by atoms with Gasteiger partial charge in [0.15, 0.2) is 12.3 Å². The molecule has 27 heavy (non-hydrogen) atoms. The molecule has 0 fully saturated rings. The molecule has 7 heteroatoms. The van der Waals surface area contributed by atoms with Crippen LogP contribution in [0.25, 0.3) is 10.9 Å². The normalized spacial score (nSPS) is 12.3. The zero-order valence-corrected chi connectivity index (χ0v) is 15.9. The van der Waals surface area contributed by atoms with Crippen molar-refractivity contribution in [1.29, 1.82) is 0 Å². The van der Waals surface area contributed by atoms with Crippen molar-refractivity contribution in [2.45, 2.75) is 26.8 Å². The van der Waals surface area contributed by atoms with Crippen molar-refractivity contribution in [3.8, 4) is 0 Å². The molecule has 142 valence electrons. The molecule has 2 aromatic heterocycles. The number of ether oxygens (including phenoxy) is 2. The Hall–Kier alpha value is -2.93. The standard InChI is InChI=1S/C20H23N3O4/c1-12-9-16(14(3)23(12)13(2)10-26-4)18(24)11-27-20(25)19-15-7-5-6-8-17(15)21-22-19/h5-9,13H,10-11H2,1-4H3,(H,21,22)/t13-/m0/s1. The number of aryl methyl sites for hydroxylation is 1. The number of carbonyl (C=O) groups excluding carboxylic acids is 2. The zero-order valence-electron chi connectivity index (χ0n) is 15.9. The number of hydrogen-bond donors (Lipinski definition) is 1. The minimum absolute atomic E-state index is 0.106. The number of nitrogens with zero attached hydrogens (tertiary/aromatic N) is 2. The number of Topliss-reactive ketones (excluding diaryl/α,β-unsaturated/α-hetero) is 1. The van der Waals surface area contributed by atoms with Crippen LogP contribution in [0, 0.1) is 13.8 Å². The summed E-state index contributed by atoms with van der Waals surface area (Å²) in [6.45, 7) is 6.07. The Morgan fingerprint density at radius 2 is 2.00 bits per heavy atom. The lowest BCUT2D eigenvalue weighted by Gasteiger charge is -2.17. The van der Waals surface area contributed by atoms with Gasteiger partial charge in [-0.05, 0) is 32.9 Å². The summed E-state index contributed by atoms with van der Waals surface area (Å²) in [7, 11) is 1.65. The first-order valence-electron chi connectivity index (χ1n) is 8.74. The van der Waals surface area contributed by atoms with Gasteiger partial charge in [-0.25, -0.2) is 4.79 Å². The summed E-state index contributed by atoms with van der Waals surface area (Å²) in [5.41, 5.74) is 3.27. The van der Waals surface area contributed by atoms with Crippen molar-refractivity contribution in [2.75, 3.05) is 20.3 Å². The van der Waals surface area contributed by atoms with Gasteiger partial charge in [0.2, 0.25) is 5.78 Å². The van der Waals surface area contributed by atoms with Gasteiger partial charge in [0.05, 0.1) is 18.2 Å². The third-order valence-electron chi connectivity index (χ3n) is 4.63. The second-order valence-corrected chi connectivity index (χ2v) is 6.58. The first-order valence-corrected chi connectivity index (χ1v) is 8.74. The van der Waals surface area contributed by atoms with E-state index in [1.165, 1.54) is 0 Å². The predicted molar refractivity (Wildman–Crippen MR) is 101 cm³/mol. The van der Waals surface area contributed by atoms with Gasteiger partial charge in [-0.3, -0.25) is 9.89 Å². The van der Waals surface area contributed by atoms with E-state index in [0.29, 0.717) is 17.6 Å². The first-order chi connectivity index (χ1) is 12.9. The van der Waals surface area contributed by atoms with E-state index in [-0.39, 0.29) is 24.1 Å². The second kappa shape index (κ2) is 7.75. The average Bonchev–Trinajstić information content (AvgIpc) is 3.20. The van der Waals surface area contributed by atoms with Crippen molar-refractivity contribution >= 4 is 22.7 Å².